The van der Waals surface area contributed by atoms with Crippen LogP contribution in [-0.4, -0.2) is 31.0 Å². The van der Waals surface area contributed by atoms with Crippen LogP contribution in [0.15, 0.2) is 63.5 Å². The number of hydrogen-bond acceptors (Lipinski definition) is 8. The molecule has 174 valence electrons. The molecule has 3 heterocycles. The lowest BCUT2D eigenvalue weighted by Gasteiger charge is -2.24. The molecule has 0 N–H and O–H groups in total. The number of esters is 1. The van der Waals surface area contributed by atoms with E-state index in [2.05, 4.69) is 4.99 Å². The lowest BCUT2D eigenvalue weighted by molar-refractivity contribution is -0.139. The molecule has 1 unspecified atom stereocenters. The van der Waals surface area contributed by atoms with Gasteiger partial charge in [0.25, 0.3) is 5.56 Å². The van der Waals surface area contributed by atoms with Gasteiger partial charge in [0.05, 0.1) is 35.6 Å². The summed E-state index contributed by atoms with van der Waals surface area (Å²) in [7, 11) is 1.59. The van der Waals surface area contributed by atoms with Crippen molar-refractivity contribution in [3.8, 4) is 17.2 Å². The molecule has 0 saturated carbocycles. The second-order valence-corrected chi connectivity index (χ2v) is 8.70. The van der Waals surface area contributed by atoms with Gasteiger partial charge >= 0.3 is 5.97 Å². The Kier molecular flexibility index (Phi) is 5.70. The third kappa shape index (κ3) is 3.77. The molecule has 0 spiro atoms. The molecule has 8 nitrogen and oxygen atoms in total. The predicted octanol–water partition coefficient (Wildman–Crippen LogP) is 2.54. The zero-order valence-electron chi connectivity index (χ0n) is 18.9. The predicted molar refractivity (Wildman–Crippen MR) is 126 cm³/mol. The summed E-state index contributed by atoms with van der Waals surface area (Å²) in [5.74, 6) is 1.50. The van der Waals surface area contributed by atoms with Crippen LogP contribution in [-0.2, 0) is 9.53 Å². The summed E-state index contributed by atoms with van der Waals surface area (Å²) in [4.78, 5) is 31.7. The fourth-order valence-electron chi connectivity index (χ4n) is 4.05. The second kappa shape index (κ2) is 8.83. The molecule has 2 aromatic carbocycles. The smallest absolute Gasteiger partial charge is 0.338 e. The third-order valence-electron chi connectivity index (χ3n) is 5.64. The van der Waals surface area contributed by atoms with Gasteiger partial charge in [-0.25, -0.2) is 9.79 Å². The van der Waals surface area contributed by atoms with Gasteiger partial charge in [0, 0.05) is 0 Å². The van der Waals surface area contributed by atoms with Crippen LogP contribution >= 0.6 is 11.3 Å². The Morgan fingerprint density at radius 2 is 1.97 bits per heavy atom. The summed E-state index contributed by atoms with van der Waals surface area (Å²) in [6.07, 6.45) is 1.79. The molecule has 1 atom stereocenters. The Bertz CT molecular complexity index is 1480. The van der Waals surface area contributed by atoms with E-state index in [1.807, 2.05) is 30.3 Å². The summed E-state index contributed by atoms with van der Waals surface area (Å²) < 4.78 is 23.5. The molecule has 0 aliphatic carbocycles. The fourth-order valence-corrected chi connectivity index (χ4v) is 5.09. The first kappa shape index (κ1) is 22.0. The molecule has 0 radical (unpaired) electrons. The zero-order chi connectivity index (χ0) is 23.8. The number of nitrogens with zero attached hydrogens (tertiary/aromatic N) is 2. The number of hydrogen-bond donors (Lipinski definition) is 0. The van der Waals surface area contributed by atoms with Gasteiger partial charge in [-0.2, -0.15) is 0 Å². The van der Waals surface area contributed by atoms with Crippen LogP contribution in [0.5, 0.6) is 17.2 Å². The third-order valence-corrected chi connectivity index (χ3v) is 6.63. The summed E-state index contributed by atoms with van der Waals surface area (Å²) in [6, 6.07) is 12.1. The number of rotatable bonds is 5. The van der Waals surface area contributed by atoms with Crippen molar-refractivity contribution in [1.82, 2.24) is 4.57 Å². The first-order chi connectivity index (χ1) is 16.5. The Balaban J connectivity index is 1.68. The van der Waals surface area contributed by atoms with Gasteiger partial charge in [0.1, 0.15) is 5.75 Å². The molecule has 1 aromatic heterocycles. The minimum atomic E-state index is -0.667. The van der Waals surface area contributed by atoms with Gasteiger partial charge in [-0.05, 0) is 55.3 Å². The van der Waals surface area contributed by atoms with Crippen molar-refractivity contribution in [1.29, 1.82) is 0 Å². The number of carbonyl (C=O) groups is 1. The molecule has 0 saturated heterocycles. The average molecular weight is 479 g/mol. The number of fused-ring (bicyclic) bond motifs is 2. The topological polar surface area (TPSA) is 88.4 Å². The fraction of sp³-hybridized carbons (Fsp3) is 0.240. The number of methoxy groups -OCH3 is 1. The molecule has 3 aromatic rings. The van der Waals surface area contributed by atoms with E-state index in [0.717, 1.165) is 11.1 Å². The van der Waals surface area contributed by atoms with E-state index < -0.39 is 12.0 Å². The molecular formula is C25H22N2O6S. The first-order valence-electron chi connectivity index (χ1n) is 10.7. The van der Waals surface area contributed by atoms with Crippen LogP contribution in [0.1, 0.15) is 31.0 Å². The SMILES string of the molecule is CCOC(=O)C1=C(C)N=c2sc(=Cc3ccc4c(c3)OCO4)c(=O)n2C1c1ccc(OC)cc1. The van der Waals surface area contributed by atoms with E-state index >= 15 is 0 Å². The normalized spacial score (nSPS) is 16.8. The van der Waals surface area contributed by atoms with Crippen molar-refractivity contribution in [2.45, 2.75) is 19.9 Å². The van der Waals surface area contributed by atoms with Gasteiger partial charge in [0.2, 0.25) is 6.79 Å². The van der Waals surface area contributed by atoms with Crippen molar-refractivity contribution in [2.75, 3.05) is 20.5 Å². The lowest BCUT2D eigenvalue weighted by atomic mass is 9.96. The van der Waals surface area contributed by atoms with Crippen molar-refractivity contribution in [3.05, 3.63) is 84.5 Å². The maximum atomic E-state index is 13.6. The van der Waals surface area contributed by atoms with Crippen molar-refractivity contribution in [2.24, 2.45) is 4.99 Å². The van der Waals surface area contributed by atoms with Crippen molar-refractivity contribution >= 4 is 23.4 Å². The lowest BCUT2D eigenvalue weighted by Crippen LogP contribution is -2.39. The largest absolute Gasteiger partial charge is 0.497 e. The maximum absolute atomic E-state index is 13.6. The molecule has 2 aliphatic heterocycles. The molecular weight excluding hydrogens is 456 g/mol. The number of thiazole rings is 1. The summed E-state index contributed by atoms with van der Waals surface area (Å²) in [5, 5.41) is 0. The molecule has 5 rings (SSSR count). The van der Waals surface area contributed by atoms with E-state index in [9.17, 15) is 9.59 Å². The quantitative estimate of drug-likeness (QED) is 0.524. The van der Waals surface area contributed by atoms with Crippen molar-refractivity contribution < 1.29 is 23.7 Å². The highest BCUT2D eigenvalue weighted by atomic mass is 32.1. The van der Waals surface area contributed by atoms with Crippen LogP contribution < -0.4 is 29.1 Å². The Morgan fingerprint density at radius 3 is 2.71 bits per heavy atom. The number of carbonyl (C=O) groups excluding carboxylic acids is 1. The number of aromatic nitrogens is 1. The Morgan fingerprint density at radius 1 is 1.21 bits per heavy atom. The highest BCUT2D eigenvalue weighted by molar-refractivity contribution is 7.07. The molecule has 0 amide bonds. The minimum absolute atomic E-state index is 0.179. The molecule has 0 bridgehead atoms. The van der Waals surface area contributed by atoms with Crippen LogP contribution in [0, 0.1) is 0 Å². The maximum Gasteiger partial charge on any atom is 0.338 e. The summed E-state index contributed by atoms with van der Waals surface area (Å²) >= 11 is 1.27. The van der Waals surface area contributed by atoms with E-state index in [1.165, 1.54) is 11.3 Å². The average Bonchev–Trinajstić information content (AvgIpc) is 3.42. The number of ether oxygens (including phenoxy) is 4. The standard InChI is InChI=1S/C25H22N2O6S/c1-4-31-24(29)21-14(2)26-25-27(22(21)16-6-8-17(30-3)9-7-16)23(28)20(34-25)12-15-5-10-18-19(11-15)33-13-32-18/h5-12,22H,4,13H2,1-3H3. The highest BCUT2D eigenvalue weighted by Crippen LogP contribution is 2.33. The molecule has 0 fully saturated rings. The van der Waals surface area contributed by atoms with Crippen LogP contribution in [0.3, 0.4) is 0 Å². The van der Waals surface area contributed by atoms with E-state index in [1.54, 1.807) is 43.7 Å². The Labute approximate surface area is 199 Å². The van der Waals surface area contributed by atoms with E-state index in [0.29, 0.717) is 37.9 Å². The van der Waals surface area contributed by atoms with Gasteiger partial charge in [-0.3, -0.25) is 9.36 Å². The highest BCUT2D eigenvalue weighted by Gasteiger charge is 2.33. The monoisotopic (exact) mass is 478 g/mol. The molecule has 9 heteroatoms. The summed E-state index contributed by atoms with van der Waals surface area (Å²) in [6.45, 7) is 3.91. The first-order valence-corrected chi connectivity index (χ1v) is 11.5. The molecule has 34 heavy (non-hydrogen) atoms. The van der Waals surface area contributed by atoms with Crippen LogP contribution in [0.2, 0.25) is 0 Å². The number of benzene rings is 2. The van der Waals surface area contributed by atoms with Crippen LogP contribution in [0.25, 0.3) is 6.08 Å². The molecule has 2 aliphatic rings. The zero-order valence-corrected chi connectivity index (χ0v) is 19.7. The van der Waals surface area contributed by atoms with Gasteiger partial charge in [0.15, 0.2) is 16.3 Å². The number of allylic oxidation sites excluding steroid dienone is 1. The van der Waals surface area contributed by atoms with Gasteiger partial charge < -0.3 is 18.9 Å². The van der Waals surface area contributed by atoms with Crippen molar-refractivity contribution in [3.63, 3.8) is 0 Å². The van der Waals surface area contributed by atoms with E-state index in [-0.39, 0.29) is 19.0 Å². The van der Waals surface area contributed by atoms with Crippen LogP contribution in [0.4, 0.5) is 0 Å². The Hall–Kier alpha value is -3.85. The van der Waals surface area contributed by atoms with Gasteiger partial charge in [-0.15, -0.1) is 0 Å². The van der Waals surface area contributed by atoms with Gasteiger partial charge in [-0.1, -0.05) is 29.5 Å². The van der Waals surface area contributed by atoms with E-state index in [4.69, 9.17) is 18.9 Å². The second-order valence-electron chi connectivity index (χ2n) is 7.69. The summed E-state index contributed by atoms with van der Waals surface area (Å²) in [5.41, 5.74) is 2.19. The minimum Gasteiger partial charge on any atom is -0.497 e.